The van der Waals surface area contributed by atoms with Gasteiger partial charge in [-0.1, -0.05) is 39.8 Å². The summed E-state index contributed by atoms with van der Waals surface area (Å²) in [7, 11) is 3.78. The zero-order valence-electron chi connectivity index (χ0n) is 17.8. The first-order valence-corrected chi connectivity index (χ1v) is 8.71. The third kappa shape index (κ3) is 11.4. The summed E-state index contributed by atoms with van der Waals surface area (Å²) >= 11 is 0. The number of ether oxygens (including phenoxy) is 3. The first-order chi connectivity index (χ1) is 14.2. The van der Waals surface area contributed by atoms with Gasteiger partial charge in [-0.25, -0.2) is 9.59 Å². The number of fused-ring (bicyclic) bond motifs is 1. The van der Waals surface area contributed by atoms with Crippen molar-refractivity contribution in [2.45, 2.75) is 27.7 Å². The Hall–Kier alpha value is -3.03. The van der Waals surface area contributed by atoms with Crippen LogP contribution in [0.5, 0.6) is 11.5 Å². The number of hydrogen-bond acceptors (Lipinski definition) is 5. The summed E-state index contributed by atoms with van der Waals surface area (Å²) in [5.41, 5.74) is 0.718. The van der Waals surface area contributed by atoms with E-state index < -0.39 is 11.9 Å². The van der Waals surface area contributed by atoms with Crippen molar-refractivity contribution in [3.8, 4) is 11.5 Å². The largest absolute Gasteiger partial charge is 0.497 e. The van der Waals surface area contributed by atoms with E-state index in [1.54, 1.807) is 38.5 Å². The summed E-state index contributed by atoms with van der Waals surface area (Å²) in [6.07, 6.45) is 0. The predicted molar refractivity (Wildman–Crippen MR) is 108 cm³/mol. The molecule has 2 aromatic rings. The molecule has 8 heteroatoms. The highest BCUT2D eigenvalue weighted by atomic mass is 20.0. The lowest BCUT2D eigenvalue weighted by molar-refractivity contribution is 0.0443. The maximum absolute atomic E-state index is 10.8. The van der Waals surface area contributed by atoms with E-state index in [1.165, 1.54) is 0 Å². The zero-order valence-corrected chi connectivity index (χ0v) is 17.8. The molecule has 0 amide bonds. The van der Waals surface area contributed by atoms with Crippen LogP contribution in [0, 0.1) is 0 Å². The Labute approximate surface area is 170 Å². The fourth-order valence-corrected chi connectivity index (χ4v) is 1.75. The quantitative estimate of drug-likeness (QED) is 0.430. The maximum atomic E-state index is 10.8. The molecule has 0 N–H and O–H groups in total. The van der Waals surface area contributed by atoms with Crippen LogP contribution in [0.3, 0.4) is 0 Å². The van der Waals surface area contributed by atoms with Gasteiger partial charge in [-0.2, -0.15) is 0 Å². The second kappa shape index (κ2) is 21.3. The zero-order chi connectivity index (χ0) is 23.2. The summed E-state index contributed by atoms with van der Waals surface area (Å²) < 4.78 is 39.8. The van der Waals surface area contributed by atoms with Crippen LogP contribution in [0.1, 0.15) is 48.4 Å². The number of carbonyl (C=O) groups excluding carboxylic acids is 2. The highest BCUT2D eigenvalue weighted by molar-refractivity contribution is 6.14. The van der Waals surface area contributed by atoms with E-state index in [4.69, 9.17) is 18.6 Å². The fourth-order valence-electron chi connectivity index (χ4n) is 1.75. The van der Waals surface area contributed by atoms with Gasteiger partial charge in [0, 0.05) is 9.15 Å². The van der Waals surface area contributed by atoms with Crippen molar-refractivity contribution in [3.63, 3.8) is 0 Å². The minimum atomic E-state index is -0.550. The average Bonchev–Trinajstić information content (AvgIpc) is 3.13. The third-order valence-electron chi connectivity index (χ3n) is 2.85. The van der Waals surface area contributed by atoms with Crippen LogP contribution in [0.4, 0.5) is 13.5 Å². The van der Waals surface area contributed by atoms with Gasteiger partial charge in [0.2, 0.25) is 0 Å². The molecule has 2 aromatic carbocycles. The maximum Gasteiger partial charge on any atom is 0.346 e. The average molecular weight is 418 g/mol. The monoisotopic (exact) mass is 418 g/mol. The first-order valence-electron chi connectivity index (χ1n) is 8.71. The Morgan fingerprint density at radius 3 is 1.17 bits per heavy atom. The van der Waals surface area contributed by atoms with Crippen molar-refractivity contribution in [2.24, 2.45) is 0 Å². The first kappa shape index (κ1) is 30.7. The van der Waals surface area contributed by atoms with Gasteiger partial charge in [0.25, 0.3) is 0 Å². The van der Waals surface area contributed by atoms with Gasteiger partial charge in [0.05, 0.1) is 32.5 Å². The Kier molecular flexibility index (Phi) is 22.5. The van der Waals surface area contributed by atoms with Crippen molar-refractivity contribution >= 4 is 11.9 Å². The molecule has 29 heavy (non-hydrogen) atoms. The van der Waals surface area contributed by atoms with Gasteiger partial charge in [0.1, 0.15) is 11.5 Å². The van der Waals surface area contributed by atoms with E-state index >= 15 is 0 Å². The molecular formula is C21H29F3O5. The number of carbonyl (C=O) groups is 2. The van der Waals surface area contributed by atoms with Crippen molar-refractivity contribution in [1.29, 1.82) is 0 Å². The molecule has 0 radical (unpaired) electrons. The Morgan fingerprint density at radius 2 is 0.931 bits per heavy atom. The number of benzene rings is 2. The number of alkyl halides is 1. The molecule has 0 saturated heterocycles. The highest BCUT2D eigenvalue weighted by Crippen LogP contribution is 2.18. The summed E-state index contributed by atoms with van der Waals surface area (Å²) in [6, 6.07) is 14.0. The molecule has 0 bridgehead atoms. The molecule has 0 saturated carbocycles. The van der Waals surface area contributed by atoms with Gasteiger partial charge >= 0.3 is 11.9 Å². The molecule has 0 aromatic heterocycles. The lowest BCUT2D eigenvalue weighted by Gasteiger charge is -2.00. The SMILES string of the molecule is CC.CC.CF.COc1ccc(OC)cc1.FF.O=C1OC(=O)c2ccccc21. The standard InChI is InChI=1S/C8H4O3.C8H10O2.2C2H6.CH3F.F2/c9-7-5-3-1-2-4-6(5)8(10)11-7;1-9-7-3-5-8(10-2)6-4-7;4*1-2/h1-4H;3-6H,1-2H3;2*1-2H3;1H3;. The molecular weight excluding hydrogens is 389 g/mol. The van der Waals surface area contributed by atoms with Gasteiger partial charge in [-0.15, -0.1) is 0 Å². The van der Waals surface area contributed by atoms with Gasteiger partial charge in [0.15, 0.2) is 0 Å². The number of rotatable bonds is 2. The summed E-state index contributed by atoms with van der Waals surface area (Å²) in [6.45, 7) is 8.00. The lowest BCUT2D eigenvalue weighted by Crippen LogP contribution is -1.96. The molecule has 0 unspecified atom stereocenters. The molecule has 0 aliphatic carbocycles. The Morgan fingerprint density at radius 1 is 0.655 bits per heavy atom. The van der Waals surface area contributed by atoms with E-state index in [0.29, 0.717) is 18.3 Å². The minimum Gasteiger partial charge on any atom is -0.497 e. The molecule has 3 rings (SSSR count). The van der Waals surface area contributed by atoms with Gasteiger partial charge in [-0.05, 0) is 36.4 Å². The van der Waals surface area contributed by atoms with E-state index in [1.807, 2.05) is 52.0 Å². The van der Waals surface area contributed by atoms with Crippen LogP contribution in [-0.2, 0) is 4.74 Å². The number of esters is 2. The second-order valence-electron chi connectivity index (χ2n) is 4.10. The second-order valence-corrected chi connectivity index (χ2v) is 4.10. The predicted octanol–water partition coefficient (Wildman–Crippen LogP) is 6.18. The number of methoxy groups -OCH3 is 2. The minimum absolute atomic E-state index is 0.359. The Bertz CT molecular complexity index is 606. The molecule has 5 nitrogen and oxygen atoms in total. The molecule has 1 aliphatic heterocycles. The normalized spacial score (nSPS) is 9.45. The molecule has 1 heterocycles. The lowest BCUT2D eigenvalue weighted by atomic mass is 10.1. The molecule has 0 atom stereocenters. The van der Waals surface area contributed by atoms with E-state index in [0.717, 1.165) is 11.5 Å². The molecule has 164 valence electrons. The van der Waals surface area contributed by atoms with Crippen molar-refractivity contribution < 1.29 is 37.3 Å². The fraction of sp³-hybridized carbons (Fsp3) is 0.333. The summed E-state index contributed by atoms with van der Waals surface area (Å²) in [5, 5.41) is 0. The van der Waals surface area contributed by atoms with E-state index in [2.05, 4.69) is 4.74 Å². The molecule has 0 spiro atoms. The number of hydrogen-bond donors (Lipinski definition) is 0. The van der Waals surface area contributed by atoms with Crippen LogP contribution < -0.4 is 9.47 Å². The Balaban J connectivity index is -0.000000349. The summed E-state index contributed by atoms with van der Waals surface area (Å²) in [4.78, 5) is 21.7. The third-order valence-corrected chi connectivity index (χ3v) is 2.85. The van der Waals surface area contributed by atoms with Crippen molar-refractivity contribution in [3.05, 3.63) is 59.7 Å². The topological polar surface area (TPSA) is 61.8 Å². The summed E-state index contributed by atoms with van der Waals surface area (Å²) in [5.74, 6) is 0.595. The van der Waals surface area contributed by atoms with Crippen LogP contribution in [0.2, 0.25) is 0 Å². The van der Waals surface area contributed by atoms with E-state index in [9.17, 15) is 14.0 Å². The number of cyclic esters (lactones) is 2. The molecule has 1 aliphatic rings. The van der Waals surface area contributed by atoms with Crippen LogP contribution in [-0.4, -0.2) is 33.3 Å². The van der Waals surface area contributed by atoms with Crippen LogP contribution >= 0.6 is 0 Å². The van der Waals surface area contributed by atoms with Crippen LogP contribution in [0.25, 0.3) is 0 Å². The van der Waals surface area contributed by atoms with E-state index in [-0.39, 0.29) is 0 Å². The van der Waals surface area contributed by atoms with Crippen molar-refractivity contribution in [2.75, 3.05) is 21.4 Å². The highest BCUT2D eigenvalue weighted by Gasteiger charge is 2.28. The van der Waals surface area contributed by atoms with Crippen LogP contribution in [0.15, 0.2) is 48.5 Å². The van der Waals surface area contributed by atoms with Gasteiger partial charge < -0.3 is 14.2 Å². The number of halogens is 3. The van der Waals surface area contributed by atoms with Gasteiger partial charge in [-0.3, -0.25) is 4.39 Å². The smallest absolute Gasteiger partial charge is 0.346 e. The molecule has 0 fully saturated rings. The van der Waals surface area contributed by atoms with Crippen molar-refractivity contribution in [1.82, 2.24) is 0 Å².